The van der Waals surface area contributed by atoms with Crippen LogP contribution in [0, 0.1) is 40.4 Å². The number of rotatable bonds is 6. The Labute approximate surface area is 263 Å². The molecule has 45 heavy (non-hydrogen) atoms. The van der Waals surface area contributed by atoms with Crippen LogP contribution in [0.4, 0.5) is 0 Å². The fraction of sp³-hybridized carbons (Fsp3) is 0.714. The van der Waals surface area contributed by atoms with Gasteiger partial charge in [0.05, 0.1) is 54.9 Å². The molecule has 8 rings (SSSR count). The molecule has 2 saturated heterocycles. The molecule has 0 amide bonds. The lowest BCUT2D eigenvalue weighted by Crippen LogP contribution is -2.64. The van der Waals surface area contributed by atoms with E-state index < -0.39 is 17.1 Å². The molecule has 1 spiro atoms. The van der Waals surface area contributed by atoms with Crippen LogP contribution in [-0.4, -0.2) is 81.8 Å². The summed E-state index contributed by atoms with van der Waals surface area (Å²) in [6.07, 6.45) is 8.98. The minimum atomic E-state index is -0.918. The normalized spacial score (nSPS) is 44.5. The molecule has 1 aromatic heterocycles. The molecule has 0 unspecified atom stereocenters. The predicted octanol–water partition coefficient (Wildman–Crippen LogP) is 3.45. The van der Waals surface area contributed by atoms with Crippen LogP contribution in [0.15, 0.2) is 29.6 Å². The highest BCUT2D eigenvalue weighted by atomic mass is 16.6. The third-order valence-electron chi connectivity index (χ3n) is 13.5. The third-order valence-corrected chi connectivity index (χ3v) is 13.5. The summed E-state index contributed by atoms with van der Waals surface area (Å²) >= 11 is 0. The summed E-state index contributed by atoms with van der Waals surface area (Å²) in [5, 5.41) is 21.2. The Hall–Kier alpha value is -2.66. The van der Waals surface area contributed by atoms with Gasteiger partial charge < -0.3 is 29.2 Å². The highest BCUT2D eigenvalue weighted by Crippen LogP contribution is 2.73. The Morgan fingerprint density at radius 2 is 1.87 bits per heavy atom. The number of carbonyl (C=O) groups excluding carboxylic acids is 2. The Morgan fingerprint density at radius 3 is 2.53 bits per heavy atom. The molecule has 7 aliphatic rings. The lowest BCUT2D eigenvalue weighted by molar-refractivity contribution is -0.155. The summed E-state index contributed by atoms with van der Waals surface area (Å²) in [6.45, 7) is 9.40. The molecular formula is C35H44N2O8. The number of aliphatic hydroxyl groups is 2. The summed E-state index contributed by atoms with van der Waals surface area (Å²) < 4.78 is 23.3. The number of Topliss-reactive ketones (excluding diaryl/α,β-unsaturated/α-hetero) is 1. The van der Waals surface area contributed by atoms with Gasteiger partial charge in [-0.2, -0.15) is 0 Å². The summed E-state index contributed by atoms with van der Waals surface area (Å²) in [6, 6.07) is 0. The zero-order chi connectivity index (χ0) is 31.5. The van der Waals surface area contributed by atoms with Crippen molar-refractivity contribution >= 4 is 17.3 Å². The molecule has 5 fully saturated rings. The highest BCUT2D eigenvalue weighted by Gasteiger charge is 2.81. The van der Waals surface area contributed by atoms with E-state index in [-0.39, 0.29) is 53.9 Å². The molecule has 0 aromatic carbocycles. The molecule has 242 valence electrons. The monoisotopic (exact) mass is 620 g/mol. The number of hydrogen-bond donors (Lipinski definition) is 2. The topological polar surface area (TPSA) is 141 Å². The van der Waals surface area contributed by atoms with E-state index in [4.69, 9.17) is 18.9 Å². The maximum Gasteiger partial charge on any atom is 0.336 e. The molecule has 11 atom stereocenters. The highest BCUT2D eigenvalue weighted by molar-refractivity contribution is 6.24. The molecule has 0 bridgehead atoms. The molecule has 2 N–H and O–H groups in total. The number of ether oxygens (including phenoxy) is 4. The van der Waals surface area contributed by atoms with Crippen molar-refractivity contribution in [2.45, 2.75) is 96.2 Å². The average molecular weight is 621 g/mol. The van der Waals surface area contributed by atoms with Gasteiger partial charge in [0.1, 0.15) is 23.9 Å². The van der Waals surface area contributed by atoms with E-state index >= 15 is 0 Å². The Kier molecular flexibility index (Phi) is 6.72. The number of cyclic esters (lactones) is 1. The van der Waals surface area contributed by atoms with Crippen molar-refractivity contribution in [2.24, 2.45) is 40.4 Å². The van der Waals surface area contributed by atoms with Crippen molar-refractivity contribution in [3.63, 3.8) is 0 Å². The Bertz CT molecular complexity index is 1490. The third kappa shape index (κ3) is 4.01. The zero-order valence-electron chi connectivity index (χ0n) is 26.5. The number of fused-ring (bicyclic) bond motifs is 4. The lowest BCUT2D eigenvalue weighted by Gasteiger charge is -2.58. The SMILES string of the molecule is CC1=C(CO)C(=O)O[C@@H]([C@@H](C)[C@H]2CC[C@H]3[C@@H]4C[C@H]5O[C@]56[C@@H](O)C=C(c5ncc(OC7COC7)cn5)C(=O)[C@]6(C)[C@H]4CC[C@]23C)C1. The van der Waals surface area contributed by atoms with Crippen molar-refractivity contribution in [3.8, 4) is 5.75 Å². The summed E-state index contributed by atoms with van der Waals surface area (Å²) in [5.41, 5.74) is -0.0609. The molecule has 3 aliphatic heterocycles. The molecule has 0 radical (unpaired) electrons. The van der Waals surface area contributed by atoms with Crippen LogP contribution in [0.3, 0.4) is 0 Å². The van der Waals surface area contributed by atoms with Crippen molar-refractivity contribution in [2.75, 3.05) is 19.8 Å². The quantitative estimate of drug-likeness (QED) is 0.359. The van der Waals surface area contributed by atoms with Crippen molar-refractivity contribution in [1.29, 1.82) is 0 Å². The molecular weight excluding hydrogens is 576 g/mol. The minimum Gasteiger partial charge on any atom is -0.482 e. The van der Waals surface area contributed by atoms with Crippen LogP contribution < -0.4 is 4.74 Å². The van der Waals surface area contributed by atoms with Crippen molar-refractivity contribution < 1.29 is 38.7 Å². The Balaban J connectivity index is 1.05. The van der Waals surface area contributed by atoms with E-state index in [0.717, 1.165) is 37.7 Å². The summed E-state index contributed by atoms with van der Waals surface area (Å²) in [4.78, 5) is 36.3. The number of epoxide rings is 1. The number of hydrogen-bond acceptors (Lipinski definition) is 10. The number of aromatic nitrogens is 2. The fourth-order valence-electron chi connectivity index (χ4n) is 11.0. The second-order valence-electron chi connectivity index (χ2n) is 15.2. The number of carbonyl (C=O) groups is 2. The number of nitrogens with zero attached hydrogens (tertiary/aromatic N) is 2. The van der Waals surface area contributed by atoms with Gasteiger partial charge in [0.15, 0.2) is 17.4 Å². The van der Waals surface area contributed by atoms with Gasteiger partial charge in [-0.1, -0.05) is 19.4 Å². The van der Waals surface area contributed by atoms with Crippen LogP contribution in [0.2, 0.25) is 0 Å². The first kappa shape index (κ1) is 29.7. The van der Waals surface area contributed by atoms with Crippen LogP contribution in [0.25, 0.3) is 5.57 Å². The van der Waals surface area contributed by atoms with E-state index in [9.17, 15) is 19.8 Å². The van der Waals surface area contributed by atoms with Gasteiger partial charge in [0.2, 0.25) is 0 Å². The van der Waals surface area contributed by atoms with Crippen LogP contribution in [-0.2, 0) is 23.8 Å². The van der Waals surface area contributed by atoms with Gasteiger partial charge >= 0.3 is 5.97 Å². The van der Waals surface area contributed by atoms with Gasteiger partial charge in [0, 0.05) is 6.42 Å². The molecule has 4 heterocycles. The molecule has 4 aliphatic carbocycles. The average Bonchev–Trinajstić information content (AvgIpc) is 3.64. The second-order valence-corrected chi connectivity index (χ2v) is 15.2. The summed E-state index contributed by atoms with van der Waals surface area (Å²) in [5.74, 6) is 1.75. The van der Waals surface area contributed by atoms with Crippen LogP contribution in [0.5, 0.6) is 5.75 Å². The van der Waals surface area contributed by atoms with Gasteiger partial charge in [0.25, 0.3) is 0 Å². The molecule has 10 heteroatoms. The van der Waals surface area contributed by atoms with Crippen LogP contribution >= 0.6 is 0 Å². The maximum absolute atomic E-state index is 14.6. The fourth-order valence-corrected chi connectivity index (χ4v) is 11.0. The van der Waals surface area contributed by atoms with Crippen molar-refractivity contribution in [1.82, 2.24) is 9.97 Å². The first-order chi connectivity index (χ1) is 21.5. The van der Waals surface area contributed by atoms with Gasteiger partial charge in [-0.05, 0) is 87.0 Å². The zero-order valence-corrected chi connectivity index (χ0v) is 26.5. The largest absolute Gasteiger partial charge is 0.482 e. The van der Waals surface area contributed by atoms with Gasteiger partial charge in [-0.25, -0.2) is 14.8 Å². The van der Waals surface area contributed by atoms with E-state index in [1.807, 2.05) is 13.8 Å². The van der Waals surface area contributed by atoms with E-state index in [1.165, 1.54) is 0 Å². The maximum atomic E-state index is 14.6. The number of aliphatic hydroxyl groups excluding tert-OH is 2. The Morgan fingerprint density at radius 1 is 1.11 bits per heavy atom. The first-order valence-electron chi connectivity index (χ1n) is 16.7. The molecule has 10 nitrogen and oxygen atoms in total. The van der Waals surface area contributed by atoms with Gasteiger partial charge in [-0.3, -0.25) is 4.79 Å². The lowest BCUT2D eigenvalue weighted by atomic mass is 9.43. The number of allylic oxidation sites excluding steroid dienone is 1. The predicted molar refractivity (Wildman–Crippen MR) is 161 cm³/mol. The van der Waals surface area contributed by atoms with E-state index in [2.05, 4.69) is 23.8 Å². The molecule has 1 aromatic rings. The standard InChI is InChI=1S/C35H44N2O8/c1-17-9-27(44-32(41)23(17)14-38)18(2)24-5-6-25-21-11-29-35(45-29)28(39)10-22(30(40)34(35,4)26(21)7-8-33(24,25)3)31-36-12-19(13-37-31)43-20-15-42-16-20/h10,12-13,18,20-21,24-29,38-39H,5-9,11,14-16H2,1-4H3/t18-,21-,24+,25-,26-,27+,28-,29+,33+,34-,35+/m0/s1. The number of ketones is 1. The van der Waals surface area contributed by atoms with Gasteiger partial charge in [-0.15, -0.1) is 0 Å². The van der Waals surface area contributed by atoms with Crippen molar-refractivity contribution in [3.05, 3.63) is 35.4 Å². The van der Waals surface area contributed by atoms with Crippen LogP contribution in [0.1, 0.15) is 72.0 Å². The number of esters is 1. The second kappa shape index (κ2) is 10.2. The van der Waals surface area contributed by atoms with E-state index in [0.29, 0.717) is 60.1 Å². The molecule has 3 saturated carbocycles. The van der Waals surface area contributed by atoms with E-state index in [1.54, 1.807) is 18.5 Å². The smallest absolute Gasteiger partial charge is 0.336 e. The minimum absolute atomic E-state index is 0.00777. The summed E-state index contributed by atoms with van der Waals surface area (Å²) in [7, 11) is 0. The first-order valence-corrected chi connectivity index (χ1v) is 16.7.